The van der Waals surface area contributed by atoms with Gasteiger partial charge in [0.15, 0.2) is 0 Å². The zero-order chi connectivity index (χ0) is 15.3. The van der Waals surface area contributed by atoms with Gasteiger partial charge in [-0.05, 0) is 38.5 Å². The van der Waals surface area contributed by atoms with Crippen molar-refractivity contribution in [3.05, 3.63) is 29.8 Å². The predicted molar refractivity (Wildman–Crippen MR) is 77.2 cm³/mol. The first-order chi connectivity index (χ1) is 9.36. The maximum atomic E-state index is 12.3. The van der Waals surface area contributed by atoms with Gasteiger partial charge in [0, 0.05) is 10.9 Å². The van der Waals surface area contributed by atoms with E-state index in [1.54, 1.807) is 13.0 Å². The molecule has 0 aliphatic carbocycles. The van der Waals surface area contributed by atoms with Crippen molar-refractivity contribution in [1.29, 1.82) is 0 Å². The first-order valence-corrected chi connectivity index (χ1v) is 7.62. The van der Waals surface area contributed by atoms with Gasteiger partial charge < -0.3 is 10.4 Å². The number of nitrogens with one attached hydrogen (secondary N) is 1. The highest BCUT2D eigenvalue weighted by molar-refractivity contribution is 7.86. The number of hydrogen-bond acceptors (Lipinski definition) is 3. The minimum atomic E-state index is -1.58. The Bertz CT molecular complexity index is 530. The van der Waals surface area contributed by atoms with Gasteiger partial charge in [-0.1, -0.05) is 13.0 Å². The van der Waals surface area contributed by atoms with Gasteiger partial charge in [0.25, 0.3) is 0 Å². The van der Waals surface area contributed by atoms with Crippen LogP contribution in [-0.2, 0) is 15.6 Å². The van der Waals surface area contributed by atoms with E-state index in [1.807, 2.05) is 13.8 Å². The van der Waals surface area contributed by atoms with Crippen molar-refractivity contribution < 1.29 is 18.9 Å². The maximum absolute atomic E-state index is 12.3. The van der Waals surface area contributed by atoms with E-state index in [0.29, 0.717) is 4.90 Å². The van der Waals surface area contributed by atoms with Crippen LogP contribution in [-0.4, -0.2) is 32.5 Å². The highest BCUT2D eigenvalue weighted by atomic mass is 32.2. The smallest absolute Gasteiger partial charge is 0.335 e. The summed E-state index contributed by atoms with van der Waals surface area (Å²) in [6.07, 6.45) is 0.791. The largest absolute Gasteiger partial charge is 0.478 e. The summed E-state index contributed by atoms with van der Waals surface area (Å²) < 4.78 is 12.3. The average molecular weight is 297 g/mol. The normalized spacial score (nSPS) is 15.2. The Morgan fingerprint density at radius 3 is 2.55 bits per heavy atom. The molecular formula is C14H19NO4S. The lowest BCUT2D eigenvalue weighted by molar-refractivity contribution is -0.120. The van der Waals surface area contributed by atoms with Gasteiger partial charge in [-0.25, -0.2) is 4.79 Å². The van der Waals surface area contributed by atoms with Crippen LogP contribution in [0.25, 0.3) is 0 Å². The average Bonchev–Trinajstić information content (AvgIpc) is 2.45. The fourth-order valence-corrected chi connectivity index (χ4v) is 2.64. The van der Waals surface area contributed by atoms with Crippen LogP contribution in [0, 0.1) is 0 Å². The van der Waals surface area contributed by atoms with Gasteiger partial charge in [-0.2, -0.15) is 0 Å². The molecule has 0 bridgehead atoms. The fourth-order valence-electron chi connectivity index (χ4n) is 1.52. The second kappa shape index (κ2) is 7.19. The number of aromatic carboxylic acids is 1. The molecule has 5 nitrogen and oxygen atoms in total. The van der Waals surface area contributed by atoms with Crippen LogP contribution >= 0.6 is 0 Å². The fraction of sp³-hybridized carbons (Fsp3) is 0.429. The number of rotatable bonds is 6. The van der Waals surface area contributed by atoms with Crippen molar-refractivity contribution in [3.63, 3.8) is 0 Å². The van der Waals surface area contributed by atoms with E-state index in [2.05, 4.69) is 5.32 Å². The lowest BCUT2D eigenvalue weighted by Crippen LogP contribution is -2.40. The summed E-state index contributed by atoms with van der Waals surface area (Å²) in [6.45, 7) is 5.39. The Hall–Kier alpha value is -1.69. The van der Waals surface area contributed by atoms with Crippen molar-refractivity contribution in [3.8, 4) is 0 Å². The quantitative estimate of drug-likeness (QED) is 0.838. The van der Waals surface area contributed by atoms with Crippen LogP contribution in [0.4, 0.5) is 0 Å². The van der Waals surface area contributed by atoms with Crippen LogP contribution in [0.15, 0.2) is 29.2 Å². The number of hydrogen-bond donors (Lipinski definition) is 2. The number of amides is 1. The summed E-state index contributed by atoms with van der Waals surface area (Å²) in [7, 11) is -1.58. The van der Waals surface area contributed by atoms with E-state index >= 15 is 0 Å². The Morgan fingerprint density at radius 1 is 1.35 bits per heavy atom. The third kappa shape index (κ3) is 4.16. The van der Waals surface area contributed by atoms with Crippen LogP contribution < -0.4 is 5.32 Å². The second-order valence-electron chi connectivity index (χ2n) is 4.59. The third-order valence-corrected chi connectivity index (χ3v) is 4.58. The van der Waals surface area contributed by atoms with Gasteiger partial charge in [-0.15, -0.1) is 0 Å². The molecule has 1 aromatic carbocycles. The predicted octanol–water partition coefficient (Wildman–Crippen LogP) is 1.80. The Labute approximate surface area is 120 Å². The highest BCUT2D eigenvalue weighted by Crippen LogP contribution is 2.14. The molecule has 0 saturated carbocycles. The van der Waals surface area contributed by atoms with Crippen LogP contribution in [0.3, 0.4) is 0 Å². The molecule has 0 aliphatic rings. The number of carbonyl (C=O) groups excluding carboxylic acids is 1. The van der Waals surface area contributed by atoms with E-state index < -0.39 is 22.0 Å². The molecule has 2 N–H and O–H groups in total. The maximum Gasteiger partial charge on any atom is 0.335 e. The molecule has 20 heavy (non-hydrogen) atoms. The summed E-state index contributed by atoms with van der Waals surface area (Å²) >= 11 is 0. The summed E-state index contributed by atoms with van der Waals surface area (Å²) in [4.78, 5) is 23.2. The molecule has 1 rings (SSSR count). The van der Waals surface area contributed by atoms with E-state index in [9.17, 15) is 13.8 Å². The molecule has 0 aliphatic heterocycles. The van der Waals surface area contributed by atoms with Crippen molar-refractivity contribution in [2.45, 2.75) is 43.4 Å². The minimum absolute atomic E-state index is 0.0207. The molecule has 0 radical (unpaired) electrons. The van der Waals surface area contributed by atoms with Gasteiger partial charge in [0.05, 0.1) is 16.4 Å². The molecule has 0 spiro atoms. The first-order valence-electron chi connectivity index (χ1n) is 6.41. The number of carboxylic acids is 1. The first kappa shape index (κ1) is 16.4. The van der Waals surface area contributed by atoms with Crippen LogP contribution in [0.5, 0.6) is 0 Å². The summed E-state index contributed by atoms with van der Waals surface area (Å²) in [5.74, 6) is -1.38. The van der Waals surface area contributed by atoms with Crippen molar-refractivity contribution in [1.82, 2.24) is 5.32 Å². The topological polar surface area (TPSA) is 83.5 Å². The Morgan fingerprint density at radius 2 is 2.00 bits per heavy atom. The van der Waals surface area contributed by atoms with E-state index in [1.165, 1.54) is 18.2 Å². The Kier molecular flexibility index (Phi) is 5.88. The van der Waals surface area contributed by atoms with E-state index in [-0.39, 0.29) is 17.5 Å². The summed E-state index contributed by atoms with van der Waals surface area (Å²) in [6, 6.07) is 5.87. The molecule has 0 heterocycles. The van der Waals surface area contributed by atoms with E-state index in [4.69, 9.17) is 5.11 Å². The SMILES string of the molecule is CCC(C)NC(=O)C(C)S(=O)c1cccc(C(=O)O)c1. The minimum Gasteiger partial charge on any atom is -0.478 e. The lowest BCUT2D eigenvalue weighted by atomic mass is 10.2. The molecule has 3 atom stereocenters. The molecule has 0 saturated heterocycles. The standard InChI is InChI=1S/C14H19NO4S/c1-4-9(2)15-13(16)10(3)20(19)12-7-5-6-11(8-12)14(17)18/h5-10H,4H2,1-3H3,(H,15,16)(H,17,18). The van der Waals surface area contributed by atoms with Gasteiger partial charge in [0.2, 0.25) is 5.91 Å². The number of carboxylic acid groups (broad SMARTS) is 1. The van der Waals surface area contributed by atoms with Gasteiger partial charge in [0.1, 0.15) is 5.25 Å². The number of benzene rings is 1. The summed E-state index contributed by atoms with van der Waals surface area (Å²) in [5, 5.41) is 11.0. The van der Waals surface area contributed by atoms with Gasteiger partial charge in [-0.3, -0.25) is 9.00 Å². The molecule has 110 valence electrons. The lowest BCUT2D eigenvalue weighted by Gasteiger charge is -2.16. The number of carbonyl (C=O) groups is 2. The molecule has 3 unspecified atom stereocenters. The third-order valence-electron chi connectivity index (χ3n) is 3.00. The molecule has 0 aromatic heterocycles. The van der Waals surface area contributed by atoms with Gasteiger partial charge >= 0.3 is 5.97 Å². The van der Waals surface area contributed by atoms with Crippen molar-refractivity contribution in [2.75, 3.05) is 0 Å². The van der Waals surface area contributed by atoms with Crippen molar-refractivity contribution in [2.24, 2.45) is 0 Å². The zero-order valence-electron chi connectivity index (χ0n) is 11.8. The molecular weight excluding hydrogens is 278 g/mol. The van der Waals surface area contributed by atoms with E-state index in [0.717, 1.165) is 6.42 Å². The highest BCUT2D eigenvalue weighted by Gasteiger charge is 2.22. The Balaban J connectivity index is 2.86. The van der Waals surface area contributed by atoms with Crippen LogP contribution in [0.1, 0.15) is 37.6 Å². The zero-order valence-corrected chi connectivity index (χ0v) is 12.6. The summed E-state index contributed by atoms with van der Waals surface area (Å²) in [5.41, 5.74) is 0.0605. The van der Waals surface area contributed by atoms with Crippen molar-refractivity contribution >= 4 is 22.7 Å². The monoisotopic (exact) mass is 297 g/mol. The van der Waals surface area contributed by atoms with Crippen LogP contribution in [0.2, 0.25) is 0 Å². The second-order valence-corrected chi connectivity index (χ2v) is 6.36. The molecule has 0 fully saturated rings. The molecule has 6 heteroatoms. The molecule has 1 amide bonds. The molecule has 1 aromatic rings.